The van der Waals surface area contributed by atoms with Crippen LogP contribution in [0.1, 0.15) is 10.4 Å². The fourth-order valence-corrected chi connectivity index (χ4v) is 1.93. The molecule has 0 fully saturated rings. The van der Waals surface area contributed by atoms with Crippen LogP contribution < -0.4 is 0 Å². The third-order valence-corrected chi connectivity index (χ3v) is 2.71. The van der Waals surface area contributed by atoms with Crippen LogP contribution in [0.2, 0.25) is 0 Å². The van der Waals surface area contributed by atoms with Gasteiger partial charge in [-0.05, 0) is 12.1 Å². The highest BCUT2D eigenvalue weighted by Crippen LogP contribution is 2.23. The average Bonchev–Trinajstić information content (AvgIpc) is 2.90. The maximum Gasteiger partial charge on any atom is 0.339 e. The summed E-state index contributed by atoms with van der Waals surface area (Å²) in [5, 5.41) is 14.1. The van der Waals surface area contributed by atoms with Gasteiger partial charge in [-0.1, -0.05) is 18.2 Å². The number of hydrogen-bond acceptors (Lipinski definition) is 3. The van der Waals surface area contributed by atoms with Crippen molar-refractivity contribution in [3.05, 3.63) is 54.5 Å². The Morgan fingerprint density at radius 2 is 2.06 bits per heavy atom. The molecule has 0 amide bonds. The second kappa shape index (κ2) is 3.96. The first kappa shape index (κ1) is 10.5. The van der Waals surface area contributed by atoms with Gasteiger partial charge in [0.2, 0.25) is 0 Å². The molecule has 3 rings (SSSR count). The summed E-state index contributed by atoms with van der Waals surface area (Å²) in [6.45, 7) is 0. The number of nitrogens with zero attached hydrogens (tertiary/aromatic N) is 3. The van der Waals surface area contributed by atoms with E-state index in [1.807, 2.05) is 24.3 Å². The molecule has 0 unspecified atom stereocenters. The zero-order chi connectivity index (χ0) is 12.5. The van der Waals surface area contributed by atoms with Gasteiger partial charge in [-0.15, -0.1) is 0 Å². The van der Waals surface area contributed by atoms with Gasteiger partial charge in [0, 0.05) is 24.0 Å². The largest absolute Gasteiger partial charge is 0.478 e. The summed E-state index contributed by atoms with van der Waals surface area (Å²) in [4.78, 5) is 15.4. The Labute approximate surface area is 102 Å². The second-order valence-corrected chi connectivity index (χ2v) is 3.79. The van der Waals surface area contributed by atoms with Crippen molar-refractivity contribution in [3.63, 3.8) is 0 Å². The van der Waals surface area contributed by atoms with Gasteiger partial charge in [-0.3, -0.25) is 4.98 Å². The van der Waals surface area contributed by atoms with Crippen LogP contribution in [0.15, 0.2) is 48.9 Å². The van der Waals surface area contributed by atoms with Gasteiger partial charge in [0.1, 0.15) is 5.56 Å². The molecule has 5 nitrogen and oxygen atoms in total. The van der Waals surface area contributed by atoms with E-state index < -0.39 is 5.97 Å². The molecule has 0 atom stereocenters. The quantitative estimate of drug-likeness (QED) is 0.743. The zero-order valence-electron chi connectivity index (χ0n) is 9.32. The second-order valence-electron chi connectivity index (χ2n) is 3.79. The number of benzene rings is 1. The van der Waals surface area contributed by atoms with Crippen LogP contribution in [0.5, 0.6) is 0 Å². The number of carboxylic acids is 1. The molecule has 0 aliphatic carbocycles. The lowest BCUT2D eigenvalue weighted by atomic mass is 10.1. The lowest BCUT2D eigenvalue weighted by Crippen LogP contribution is -2.07. The molecule has 2 heterocycles. The Morgan fingerprint density at radius 1 is 1.22 bits per heavy atom. The fraction of sp³-hybridized carbons (Fsp3) is 0. The summed E-state index contributed by atoms with van der Waals surface area (Å²) in [5.74, 6) is -1.02. The minimum Gasteiger partial charge on any atom is -0.478 e. The van der Waals surface area contributed by atoms with Crippen molar-refractivity contribution in [2.24, 2.45) is 0 Å². The minimum absolute atomic E-state index is 0.136. The summed E-state index contributed by atoms with van der Waals surface area (Å²) in [7, 11) is 0. The van der Waals surface area contributed by atoms with E-state index in [-0.39, 0.29) is 5.56 Å². The van der Waals surface area contributed by atoms with Crippen LogP contribution in [0.4, 0.5) is 0 Å². The van der Waals surface area contributed by atoms with Gasteiger partial charge >= 0.3 is 5.97 Å². The molecule has 88 valence electrons. The number of rotatable bonds is 2. The molecular formula is C13H9N3O2. The van der Waals surface area contributed by atoms with Crippen LogP contribution in [0, 0.1) is 0 Å². The SMILES string of the molecule is O=C(O)c1cnc2ccccc2c1-n1cccn1. The molecule has 0 saturated heterocycles. The van der Waals surface area contributed by atoms with E-state index in [4.69, 9.17) is 0 Å². The molecule has 0 saturated carbocycles. The molecule has 1 aromatic carbocycles. The number of para-hydroxylation sites is 1. The smallest absolute Gasteiger partial charge is 0.339 e. The Kier molecular flexibility index (Phi) is 2.30. The molecule has 0 bridgehead atoms. The Morgan fingerprint density at radius 3 is 2.78 bits per heavy atom. The van der Waals surface area contributed by atoms with Crippen LogP contribution in [0.25, 0.3) is 16.6 Å². The number of carboxylic acid groups (broad SMARTS) is 1. The summed E-state index contributed by atoms with van der Waals surface area (Å²) >= 11 is 0. The van der Waals surface area contributed by atoms with E-state index in [1.54, 1.807) is 23.1 Å². The monoisotopic (exact) mass is 239 g/mol. The number of hydrogen-bond donors (Lipinski definition) is 1. The number of fused-ring (bicyclic) bond motifs is 1. The lowest BCUT2D eigenvalue weighted by molar-refractivity contribution is 0.0696. The van der Waals surface area contributed by atoms with Crippen molar-refractivity contribution in [1.29, 1.82) is 0 Å². The van der Waals surface area contributed by atoms with Crippen molar-refractivity contribution in [1.82, 2.24) is 14.8 Å². The van der Waals surface area contributed by atoms with Gasteiger partial charge in [-0.25, -0.2) is 9.48 Å². The van der Waals surface area contributed by atoms with Crippen molar-refractivity contribution in [2.45, 2.75) is 0 Å². The van der Waals surface area contributed by atoms with E-state index in [2.05, 4.69) is 10.1 Å². The van der Waals surface area contributed by atoms with Gasteiger partial charge in [-0.2, -0.15) is 5.10 Å². The highest BCUT2D eigenvalue weighted by atomic mass is 16.4. The van der Waals surface area contributed by atoms with Crippen LogP contribution in [-0.4, -0.2) is 25.8 Å². The topological polar surface area (TPSA) is 68.0 Å². The molecule has 0 aliphatic rings. The van der Waals surface area contributed by atoms with E-state index in [1.165, 1.54) is 6.20 Å². The first-order valence-electron chi connectivity index (χ1n) is 5.38. The van der Waals surface area contributed by atoms with E-state index in [0.717, 1.165) is 10.9 Å². The Bertz CT molecular complexity index is 720. The van der Waals surface area contributed by atoms with Crippen molar-refractivity contribution in [2.75, 3.05) is 0 Å². The van der Waals surface area contributed by atoms with Gasteiger partial charge < -0.3 is 5.11 Å². The van der Waals surface area contributed by atoms with E-state index in [0.29, 0.717) is 5.69 Å². The van der Waals surface area contributed by atoms with Crippen LogP contribution in [-0.2, 0) is 0 Å². The third-order valence-electron chi connectivity index (χ3n) is 2.71. The molecule has 2 aromatic heterocycles. The molecule has 18 heavy (non-hydrogen) atoms. The molecule has 5 heteroatoms. The fourth-order valence-electron chi connectivity index (χ4n) is 1.93. The third kappa shape index (κ3) is 1.53. The number of aromatic nitrogens is 3. The van der Waals surface area contributed by atoms with E-state index >= 15 is 0 Å². The normalized spacial score (nSPS) is 10.7. The van der Waals surface area contributed by atoms with Crippen LogP contribution in [0.3, 0.4) is 0 Å². The lowest BCUT2D eigenvalue weighted by Gasteiger charge is -2.09. The molecular weight excluding hydrogens is 230 g/mol. The number of pyridine rings is 1. The summed E-state index contributed by atoms with van der Waals surface area (Å²) < 4.78 is 1.55. The predicted octanol–water partition coefficient (Wildman–Crippen LogP) is 2.12. The first-order chi connectivity index (χ1) is 8.77. The Hall–Kier alpha value is -2.69. The van der Waals surface area contributed by atoms with Gasteiger partial charge in [0.25, 0.3) is 0 Å². The van der Waals surface area contributed by atoms with Crippen molar-refractivity contribution in [3.8, 4) is 5.69 Å². The molecule has 1 N–H and O–H groups in total. The molecule has 0 spiro atoms. The standard InChI is InChI=1S/C13H9N3O2/c17-13(18)10-8-14-11-5-2-1-4-9(11)12(10)16-7-3-6-15-16/h1-8H,(H,17,18). The summed E-state index contributed by atoms with van der Waals surface area (Å²) in [6.07, 6.45) is 4.69. The van der Waals surface area contributed by atoms with Crippen molar-refractivity contribution >= 4 is 16.9 Å². The van der Waals surface area contributed by atoms with Crippen LogP contribution >= 0.6 is 0 Å². The summed E-state index contributed by atoms with van der Waals surface area (Å²) in [6, 6.07) is 9.14. The average molecular weight is 239 g/mol. The van der Waals surface area contributed by atoms with Gasteiger partial charge in [0.15, 0.2) is 0 Å². The first-order valence-corrected chi connectivity index (χ1v) is 5.38. The predicted molar refractivity (Wildman–Crippen MR) is 65.8 cm³/mol. The number of carbonyl (C=O) groups is 1. The maximum atomic E-state index is 11.3. The zero-order valence-corrected chi connectivity index (χ0v) is 9.32. The maximum absolute atomic E-state index is 11.3. The Balaban J connectivity index is 2.43. The highest BCUT2D eigenvalue weighted by molar-refractivity contribution is 6.00. The van der Waals surface area contributed by atoms with E-state index in [9.17, 15) is 9.90 Å². The molecule has 3 aromatic rings. The van der Waals surface area contributed by atoms with Gasteiger partial charge in [0.05, 0.1) is 11.2 Å². The number of aromatic carboxylic acids is 1. The minimum atomic E-state index is -1.02. The molecule has 0 radical (unpaired) electrons. The molecule has 0 aliphatic heterocycles. The summed E-state index contributed by atoms with van der Waals surface area (Å²) in [5.41, 5.74) is 1.42. The van der Waals surface area contributed by atoms with Crippen molar-refractivity contribution < 1.29 is 9.90 Å². The highest BCUT2D eigenvalue weighted by Gasteiger charge is 2.16.